The second kappa shape index (κ2) is 6.89. The molecule has 2 rings (SSSR count). The Morgan fingerprint density at radius 3 is 2.95 bits per heavy atom. The van der Waals surface area contributed by atoms with E-state index in [1.54, 1.807) is 7.11 Å². The summed E-state index contributed by atoms with van der Waals surface area (Å²) in [6, 6.07) is 8.57. The van der Waals surface area contributed by atoms with E-state index in [1.165, 1.54) is 5.56 Å². The summed E-state index contributed by atoms with van der Waals surface area (Å²) in [5, 5.41) is 0. The van der Waals surface area contributed by atoms with Crippen LogP contribution in [0.3, 0.4) is 0 Å². The molecule has 1 aliphatic heterocycles. The summed E-state index contributed by atoms with van der Waals surface area (Å²) in [6.45, 7) is 6.09. The highest BCUT2D eigenvalue weighted by atomic mass is 16.5. The van der Waals surface area contributed by atoms with Crippen LogP contribution in [0.15, 0.2) is 24.3 Å². The lowest BCUT2D eigenvalue weighted by Gasteiger charge is -2.33. The quantitative estimate of drug-likeness (QED) is 0.875. The second-order valence-electron chi connectivity index (χ2n) is 5.16. The van der Waals surface area contributed by atoms with E-state index in [0.29, 0.717) is 25.1 Å². The van der Waals surface area contributed by atoms with Gasteiger partial charge < -0.3 is 15.2 Å². The molecule has 1 heterocycles. The lowest BCUT2D eigenvalue weighted by molar-refractivity contribution is 0.0771. The van der Waals surface area contributed by atoms with Crippen LogP contribution >= 0.6 is 0 Å². The monoisotopic (exact) mass is 264 g/mol. The minimum atomic E-state index is 0.328. The van der Waals surface area contributed by atoms with Crippen molar-refractivity contribution in [1.29, 1.82) is 0 Å². The summed E-state index contributed by atoms with van der Waals surface area (Å²) in [4.78, 5) is 2.41. The Hall–Kier alpha value is -1.10. The standard InChI is InChI=1S/C15H24N2O2/c1-12(11-18-2)14(9-16)17-7-8-19-15-6-4-3-5-13(15)10-17/h3-6,12,14H,7-11,16H2,1-2H3. The maximum absolute atomic E-state index is 5.97. The summed E-state index contributed by atoms with van der Waals surface area (Å²) in [5.41, 5.74) is 7.21. The molecule has 4 nitrogen and oxygen atoms in total. The molecule has 0 radical (unpaired) electrons. The van der Waals surface area contributed by atoms with Crippen LogP contribution in [0, 0.1) is 5.92 Å². The first-order chi connectivity index (χ1) is 9.26. The minimum absolute atomic E-state index is 0.328. The Labute approximate surface area is 115 Å². The van der Waals surface area contributed by atoms with E-state index in [0.717, 1.165) is 25.4 Å². The number of hydrogen-bond acceptors (Lipinski definition) is 4. The maximum atomic E-state index is 5.97. The smallest absolute Gasteiger partial charge is 0.123 e. The van der Waals surface area contributed by atoms with Crippen molar-refractivity contribution >= 4 is 0 Å². The highest BCUT2D eigenvalue weighted by Gasteiger charge is 2.25. The maximum Gasteiger partial charge on any atom is 0.123 e. The highest BCUT2D eigenvalue weighted by Crippen LogP contribution is 2.24. The summed E-state index contributed by atoms with van der Waals surface area (Å²) < 4.78 is 11.1. The Bertz CT molecular complexity index is 397. The molecule has 0 spiro atoms. The average Bonchev–Trinajstić information content (AvgIpc) is 2.62. The molecule has 1 aromatic carbocycles. The van der Waals surface area contributed by atoms with Gasteiger partial charge in [-0.15, -0.1) is 0 Å². The first-order valence-corrected chi connectivity index (χ1v) is 6.90. The molecule has 0 saturated heterocycles. The van der Waals surface area contributed by atoms with Crippen LogP contribution in [0.25, 0.3) is 0 Å². The second-order valence-corrected chi connectivity index (χ2v) is 5.16. The summed E-state index contributed by atoms with van der Waals surface area (Å²) >= 11 is 0. The molecule has 19 heavy (non-hydrogen) atoms. The molecule has 106 valence electrons. The molecule has 0 saturated carbocycles. The molecule has 2 unspecified atom stereocenters. The van der Waals surface area contributed by atoms with Crippen LogP contribution in [0.4, 0.5) is 0 Å². The van der Waals surface area contributed by atoms with E-state index in [2.05, 4.69) is 24.0 Å². The van der Waals surface area contributed by atoms with Crippen LogP contribution in [0.1, 0.15) is 12.5 Å². The van der Waals surface area contributed by atoms with Crippen molar-refractivity contribution < 1.29 is 9.47 Å². The summed E-state index contributed by atoms with van der Waals surface area (Å²) in [7, 11) is 1.74. The lowest BCUT2D eigenvalue weighted by Crippen LogP contribution is -2.46. The molecule has 0 amide bonds. The molecule has 2 atom stereocenters. The molecule has 0 bridgehead atoms. The molecule has 0 aromatic heterocycles. The Morgan fingerprint density at radius 1 is 1.42 bits per heavy atom. The van der Waals surface area contributed by atoms with Gasteiger partial charge in [-0.2, -0.15) is 0 Å². The lowest BCUT2D eigenvalue weighted by atomic mass is 10.0. The third kappa shape index (κ3) is 3.47. The fourth-order valence-electron chi connectivity index (χ4n) is 2.74. The fourth-order valence-corrected chi connectivity index (χ4v) is 2.74. The van der Waals surface area contributed by atoms with Crippen molar-refractivity contribution in [2.75, 3.05) is 33.4 Å². The largest absolute Gasteiger partial charge is 0.492 e. The minimum Gasteiger partial charge on any atom is -0.492 e. The third-order valence-corrected chi connectivity index (χ3v) is 3.78. The Morgan fingerprint density at radius 2 is 2.21 bits per heavy atom. The molecule has 1 aromatic rings. The van der Waals surface area contributed by atoms with Gasteiger partial charge >= 0.3 is 0 Å². The number of nitrogens with two attached hydrogens (primary N) is 1. The van der Waals surface area contributed by atoms with E-state index in [9.17, 15) is 0 Å². The fraction of sp³-hybridized carbons (Fsp3) is 0.600. The SMILES string of the molecule is COCC(C)C(CN)N1CCOc2ccccc2C1. The van der Waals surface area contributed by atoms with Gasteiger partial charge in [0.05, 0.1) is 6.61 Å². The third-order valence-electron chi connectivity index (χ3n) is 3.78. The van der Waals surface area contributed by atoms with E-state index >= 15 is 0 Å². The van der Waals surface area contributed by atoms with Crippen LogP contribution in [-0.2, 0) is 11.3 Å². The van der Waals surface area contributed by atoms with Crippen LogP contribution in [-0.4, -0.2) is 44.4 Å². The average molecular weight is 264 g/mol. The number of para-hydroxylation sites is 1. The number of methoxy groups -OCH3 is 1. The van der Waals surface area contributed by atoms with Crippen LogP contribution in [0.2, 0.25) is 0 Å². The Balaban J connectivity index is 2.12. The topological polar surface area (TPSA) is 47.7 Å². The molecule has 0 fully saturated rings. The van der Waals surface area contributed by atoms with Gasteiger partial charge in [-0.3, -0.25) is 4.90 Å². The molecule has 4 heteroatoms. The van der Waals surface area contributed by atoms with Crippen molar-refractivity contribution in [2.24, 2.45) is 11.7 Å². The first-order valence-electron chi connectivity index (χ1n) is 6.90. The zero-order valence-corrected chi connectivity index (χ0v) is 11.8. The van der Waals surface area contributed by atoms with Gasteiger partial charge in [0.15, 0.2) is 0 Å². The number of fused-ring (bicyclic) bond motifs is 1. The van der Waals surface area contributed by atoms with Crippen molar-refractivity contribution in [1.82, 2.24) is 4.90 Å². The van der Waals surface area contributed by atoms with Crippen molar-refractivity contribution in [3.8, 4) is 5.75 Å². The molecular formula is C15H24N2O2. The Kier molecular flexibility index (Phi) is 5.19. The van der Waals surface area contributed by atoms with Gasteiger partial charge in [0.25, 0.3) is 0 Å². The molecular weight excluding hydrogens is 240 g/mol. The predicted octanol–water partition coefficient (Wildman–Crippen LogP) is 1.49. The van der Waals surface area contributed by atoms with Crippen molar-refractivity contribution in [2.45, 2.75) is 19.5 Å². The first kappa shape index (κ1) is 14.3. The van der Waals surface area contributed by atoms with E-state index < -0.39 is 0 Å². The van der Waals surface area contributed by atoms with Gasteiger partial charge in [-0.05, 0) is 12.0 Å². The van der Waals surface area contributed by atoms with E-state index in [1.807, 2.05) is 12.1 Å². The number of nitrogens with zero attached hydrogens (tertiary/aromatic N) is 1. The number of hydrogen-bond donors (Lipinski definition) is 1. The molecule has 0 aliphatic carbocycles. The highest BCUT2D eigenvalue weighted by molar-refractivity contribution is 5.33. The number of ether oxygens (including phenoxy) is 2. The van der Waals surface area contributed by atoms with Gasteiger partial charge in [0.2, 0.25) is 0 Å². The van der Waals surface area contributed by atoms with Gasteiger partial charge in [0, 0.05) is 38.3 Å². The van der Waals surface area contributed by atoms with Gasteiger partial charge in [0.1, 0.15) is 12.4 Å². The predicted molar refractivity (Wildman–Crippen MR) is 76.2 cm³/mol. The molecule has 1 aliphatic rings. The van der Waals surface area contributed by atoms with Crippen LogP contribution in [0.5, 0.6) is 5.75 Å². The normalized spacial score (nSPS) is 19.1. The zero-order chi connectivity index (χ0) is 13.7. The van der Waals surface area contributed by atoms with E-state index in [-0.39, 0.29) is 0 Å². The van der Waals surface area contributed by atoms with Crippen molar-refractivity contribution in [3.63, 3.8) is 0 Å². The van der Waals surface area contributed by atoms with Crippen LogP contribution < -0.4 is 10.5 Å². The zero-order valence-electron chi connectivity index (χ0n) is 11.8. The summed E-state index contributed by atoms with van der Waals surface area (Å²) in [5.74, 6) is 1.42. The van der Waals surface area contributed by atoms with Crippen molar-refractivity contribution in [3.05, 3.63) is 29.8 Å². The van der Waals surface area contributed by atoms with Gasteiger partial charge in [-0.1, -0.05) is 25.1 Å². The number of rotatable bonds is 5. The van der Waals surface area contributed by atoms with E-state index in [4.69, 9.17) is 15.2 Å². The van der Waals surface area contributed by atoms with Gasteiger partial charge in [-0.25, -0.2) is 0 Å². The number of benzene rings is 1. The molecule has 2 N–H and O–H groups in total. The summed E-state index contributed by atoms with van der Waals surface area (Å²) in [6.07, 6.45) is 0.